The summed E-state index contributed by atoms with van der Waals surface area (Å²) in [5.74, 6) is 0. The fraction of sp³-hybridized carbons (Fsp3) is 0.400. The van der Waals surface area contributed by atoms with E-state index in [0.29, 0.717) is 5.41 Å². The number of rotatable bonds is 0. The number of benzene rings is 1. The molecule has 1 aromatic carbocycles. The SMILES string of the molecule is CC1(C)Cc2c[c]ccc21. The van der Waals surface area contributed by atoms with Crippen molar-refractivity contribution < 1.29 is 0 Å². The molecule has 1 radical (unpaired) electrons. The molecule has 1 aliphatic carbocycles. The summed E-state index contributed by atoms with van der Waals surface area (Å²) in [6, 6.07) is 9.37. The van der Waals surface area contributed by atoms with Gasteiger partial charge in [0.1, 0.15) is 0 Å². The average molecular weight is 131 g/mol. The highest BCUT2D eigenvalue weighted by Gasteiger charge is 2.32. The molecule has 0 N–H and O–H groups in total. The third-order valence-corrected chi connectivity index (χ3v) is 2.31. The lowest BCUT2D eigenvalue weighted by Crippen LogP contribution is -2.31. The molecule has 0 saturated carbocycles. The molecule has 0 heterocycles. The number of hydrogen-bond donors (Lipinski definition) is 0. The quantitative estimate of drug-likeness (QED) is 0.507. The molecule has 0 atom stereocenters. The van der Waals surface area contributed by atoms with Gasteiger partial charge in [0, 0.05) is 0 Å². The van der Waals surface area contributed by atoms with Crippen LogP contribution in [0.25, 0.3) is 0 Å². The number of hydrogen-bond acceptors (Lipinski definition) is 0. The maximum absolute atomic E-state index is 3.09. The molecule has 10 heavy (non-hydrogen) atoms. The summed E-state index contributed by atoms with van der Waals surface area (Å²) in [5, 5.41) is 0. The van der Waals surface area contributed by atoms with E-state index < -0.39 is 0 Å². The molecule has 0 unspecified atom stereocenters. The van der Waals surface area contributed by atoms with Crippen molar-refractivity contribution in [3.63, 3.8) is 0 Å². The first-order chi connectivity index (χ1) is 4.70. The highest BCUT2D eigenvalue weighted by Crippen LogP contribution is 2.39. The lowest BCUT2D eigenvalue weighted by atomic mass is 9.67. The zero-order valence-corrected chi connectivity index (χ0v) is 6.44. The Labute approximate surface area is 61.9 Å². The minimum atomic E-state index is 0.435. The molecule has 0 nitrogen and oxygen atoms in total. The van der Waals surface area contributed by atoms with E-state index in [1.807, 2.05) is 6.07 Å². The zero-order valence-electron chi connectivity index (χ0n) is 6.44. The molecule has 0 heteroatoms. The summed E-state index contributed by atoms with van der Waals surface area (Å²) in [4.78, 5) is 0. The molecule has 0 saturated heterocycles. The molecule has 2 rings (SSSR count). The molecular formula is C10H11. The van der Waals surface area contributed by atoms with Crippen LogP contribution in [0.5, 0.6) is 0 Å². The van der Waals surface area contributed by atoms with Crippen LogP contribution in [-0.4, -0.2) is 0 Å². The zero-order chi connectivity index (χ0) is 7.19. The Balaban J connectivity index is 2.53. The van der Waals surface area contributed by atoms with Gasteiger partial charge < -0.3 is 0 Å². The lowest BCUT2D eigenvalue weighted by Gasteiger charge is -2.37. The van der Waals surface area contributed by atoms with Gasteiger partial charge in [-0.25, -0.2) is 0 Å². The predicted molar refractivity (Wildman–Crippen MR) is 42.0 cm³/mol. The van der Waals surface area contributed by atoms with Gasteiger partial charge in [0.25, 0.3) is 0 Å². The second-order valence-corrected chi connectivity index (χ2v) is 3.64. The van der Waals surface area contributed by atoms with E-state index in [4.69, 9.17) is 0 Å². The van der Waals surface area contributed by atoms with Crippen molar-refractivity contribution in [3.05, 3.63) is 35.4 Å². The average Bonchev–Trinajstić information content (AvgIpc) is 1.86. The molecule has 51 valence electrons. The standard InChI is InChI=1S/C10H11/c1-10(2)7-8-5-3-4-6-9(8)10/h4-6H,7H2,1-2H3. The van der Waals surface area contributed by atoms with Crippen LogP contribution in [0.3, 0.4) is 0 Å². The van der Waals surface area contributed by atoms with E-state index >= 15 is 0 Å². The second-order valence-electron chi connectivity index (χ2n) is 3.64. The Bertz CT molecular complexity index is 258. The smallest absolute Gasteiger partial charge is 0.00604 e. The van der Waals surface area contributed by atoms with Gasteiger partial charge >= 0.3 is 0 Å². The number of fused-ring (bicyclic) bond motifs is 1. The van der Waals surface area contributed by atoms with Crippen molar-refractivity contribution in [1.29, 1.82) is 0 Å². The molecule has 0 aliphatic heterocycles. The Kier molecular flexibility index (Phi) is 0.971. The monoisotopic (exact) mass is 131 g/mol. The van der Waals surface area contributed by atoms with Gasteiger partial charge in [-0.3, -0.25) is 0 Å². The molecule has 1 aliphatic rings. The summed E-state index contributed by atoms with van der Waals surface area (Å²) in [5.41, 5.74) is 3.42. The van der Waals surface area contributed by atoms with Crippen molar-refractivity contribution in [2.45, 2.75) is 25.7 Å². The Morgan fingerprint density at radius 1 is 1.50 bits per heavy atom. The minimum absolute atomic E-state index is 0.435. The Morgan fingerprint density at radius 2 is 2.30 bits per heavy atom. The van der Waals surface area contributed by atoms with E-state index in [1.165, 1.54) is 17.5 Å². The molecule has 0 bridgehead atoms. The van der Waals surface area contributed by atoms with Gasteiger partial charge in [-0.1, -0.05) is 32.0 Å². The second kappa shape index (κ2) is 1.63. The fourth-order valence-corrected chi connectivity index (χ4v) is 1.74. The first kappa shape index (κ1) is 5.96. The predicted octanol–water partition coefficient (Wildman–Crippen LogP) is 2.32. The summed E-state index contributed by atoms with van der Waals surface area (Å²) in [7, 11) is 0. The van der Waals surface area contributed by atoms with Gasteiger partial charge in [-0.2, -0.15) is 0 Å². The third kappa shape index (κ3) is 0.620. The summed E-state index contributed by atoms with van der Waals surface area (Å²) in [6.07, 6.45) is 1.22. The van der Waals surface area contributed by atoms with Crippen LogP contribution in [0.1, 0.15) is 25.0 Å². The highest BCUT2D eigenvalue weighted by atomic mass is 14.4. The van der Waals surface area contributed by atoms with Crippen molar-refractivity contribution in [2.24, 2.45) is 0 Å². The van der Waals surface area contributed by atoms with Crippen molar-refractivity contribution in [1.82, 2.24) is 0 Å². The van der Waals surface area contributed by atoms with Gasteiger partial charge in [0.05, 0.1) is 0 Å². The lowest BCUT2D eigenvalue weighted by molar-refractivity contribution is 0.455. The van der Waals surface area contributed by atoms with E-state index in [9.17, 15) is 0 Å². The van der Waals surface area contributed by atoms with Crippen molar-refractivity contribution in [2.75, 3.05) is 0 Å². The molecule has 0 aromatic heterocycles. The summed E-state index contributed by atoms with van der Waals surface area (Å²) >= 11 is 0. The minimum Gasteiger partial charge on any atom is -0.0576 e. The largest absolute Gasteiger partial charge is 0.0576 e. The van der Waals surface area contributed by atoms with Gasteiger partial charge in [0.2, 0.25) is 0 Å². The normalized spacial score (nSPS) is 19.4. The van der Waals surface area contributed by atoms with E-state index in [1.54, 1.807) is 0 Å². The maximum atomic E-state index is 3.09. The van der Waals surface area contributed by atoms with Crippen LogP contribution in [0.2, 0.25) is 0 Å². The molecule has 0 amide bonds. The van der Waals surface area contributed by atoms with Crippen LogP contribution in [-0.2, 0) is 11.8 Å². The highest BCUT2D eigenvalue weighted by molar-refractivity contribution is 5.43. The van der Waals surface area contributed by atoms with Crippen molar-refractivity contribution >= 4 is 0 Å². The van der Waals surface area contributed by atoms with Crippen LogP contribution >= 0.6 is 0 Å². The molecule has 0 spiro atoms. The van der Waals surface area contributed by atoms with Gasteiger partial charge in [-0.05, 0) is 29.0 Å². The summed E-state index contributed by atoms with van der Waals surface area (Å²) in [6.45, 7) is 4.57. The van der Waals surface area contributed by atoms with Crippen molar-refractivity contribution in [3.8, 4) is 0 Å². The van der Waals surface area contributed by atoms with Crippen LogP contribution < -0.4 is 0 Å². The topological polar surface area (TPSA) is 0 Å². The van der Waals surface area contributed by atoms with Crippen LogP contribution in [0.4, 0.5) is 0 Å². The van der Waals surface area contributed by atoms with E-state index in [2.05, 4.69) is 32.0 Å². The third-order valence-electron chi connectivity index (χ3n) is 2.31. The first-order valence-corrected chi connectivity index (χ1v) is 3.70. The van der Waals surface area contributed by atoms with Crippen LogP contribution in [0, 0.1) is 6.07 Å². The summed E-state index contributed by atoms with van der Waals surface area (Å²) < 4.78 is 0. The molecular weight excluding hydrogens is 120 g/mol. The Hall–Kier alpha value is -0.780. The van der Waals surface area contributed by atoms with E-state index in [-0.39, 0.29) is 0 Å². The first-order valence-electron chi connectivity index (χ1n) is 3.70. The fourth-order valence-electron chi connectivity index (χ4n) is 1.74. The molecule has 1 aromatic rings. The van der Waals surface area contributed by atoms with Gasteiger partial charge in [-0.15, -0.1) is 0 Å². The van der Waals surface area contributed by atoms with Crippen LogP contribution in [0.15, 0.2) is 18.2 Å². The Morgan fingerprint density at radius 3 is 2.80 bits per heavy atom. The van der Waals surface area contributed by atoms with E-state index in [0.717, 1.165) is 0 Å². The maximum Gasteiger partial charge on any atom is -0.00604 e. The molecule has 0 fully saturated rings. The van der Waals surface area contributed by atoms with Gasteiger partial charge in [0.15, 0.2) is 0 Å².